The van der Waals surface area contributed by atoms with Gasteiger partial charge in [0.05, 0.1) is 11.3 Å². The molecule has 14 heavy (non-hydrogen) atoms. The zero-order chi connectivity index (χ0) is 10.3. The summed E-state index contributed by atoms with van der Waals surface area (Å²) >= 11 is 0. The minimum atomic E-state index is -3.75. The highest BCUT2D eigenvalue weighted by molar-refractivity contribution is 5.67. The van der Waals surface area contributed by atoms with Crippen LogP contribution in [0.5, 0.6) is 11.5 Å². The molecule has 0 aromatic heterocycles. The second kappa shape index (κ2) is 2.48. The highest BCUT2D eigenvalue weighted by atomic mass is 19.3. The molecule has 0 aliphatic carbocycles. The van der Waals surface area contributed by atoms with Crippen LogP contribution in [0, 0.1) is 11.3 Å². The third-order valence-corrected chi connectivity index (χ3v) is 1.70. The molecule has 0 amide bonds. The van der Waals surface area contributed by atoms with E-state index in [4.69, 9.17) is 11.0 Å². The molecule has 0 bridgehead atoms. The van der Waals surface area contributed by atoms with Crippen molar-refractivity contribution < 1.29 is 18.3 Å². The molecule has 1 aliphatic heterocycles. The highest BCUT2D eigenvalue weighted by Gasteiger charge is 2.45. The van der Waals surface area contributed by atoms with Crippen LogP contribution in [0.1, 0.15) is 5.56 Å². The first-order valence-electron chi connectivity index (χ1n) is 3.62. The van der Waals surface area contributed by atoms with Crippen molar-refractivity contribution in [2.75, 3.05) is 5.73 Å². The Hall–Kier alpha value is -2.03. The number of ether oxygens (including phenoxy) is 2. The van der Waals surface area contributed by atoms with Gasteiger partial charge in [-0.15, -0.1) is 8.78 Å². The number of nitrogens with zero attached hydrogens (tertiary/aromatic N) is 1. The van der Waals surface area contributed by atoms with Crippen LogP contribution >= 0.6 is 0 Å². The Bertz CT molecular complexity index is 440. The maximum atomic E-state index is 12.6. The van der Waals surface area contributed by atoms with Gasteiger partial charge in [0.15, 0.2) is 11.5 Å². The van der Waals surface area contributed by atoms with E-state index >= 15 is 0 Å². The standard InChI is InChI=1S/C8H4F2N2O2/c9-8(10)13-6-4(3-11)1-2-5(12)7(6)14-8/h1-2H,12H2. The lowest BCUT2D eigenvalue weighted by Gasteiger charge is -2.04. The van der Waals surface area contributed by atoms with E-state index in [1.807, 2.05) is 0 Å². The number of halogens is 2. The average molecular weight is 198 g/mol. The Morgan fingerprint density at radius 1 is 1.29 bits per heavy atom. The van der Waals surface area contributed by atoms with Crippen molar-refractivity contribution in [1.82, 2.24) is 0 Å². The molecule has 1 aromatic carbocycles. The summed E-state index contributed by atoms with van der Waals surface area (Å²) in [5.41, 5.74) is 5.34. The lowest BCUT2D eigenvalue weighted by molar-refractivity contribution is -0.286. The largest absolute Gasteiger partial charge is 0.586 e. The lowest BCUT2D eigenvalue weighted by atomic mass is 10.2. The van der Waals surface area contributed by atoms with Gasteiger partial charge in [0, 0.05) is 0 Å². The number of nitrogen functional groups attached to an aromatic ring is 1. The molecule has 1 heterocycles. The van der Waals surface area contributed by atoms with E-state index in [1.54, 1.807) is 6.07 Å². The van der Waals surface area contributed by atoms with E-state index in [0.717, 1.165) is 0 Å². The zero-order valence-corrected chi connectivity index (χ0v) is 6.75. The van der Waals surface area contributed by atoms with Gasteiger partial charge >= 0.3 is 6.29 Å². The topological polar surface area (TPSA) is 68.3 Å². The summed E-state index contributed by atoms with van der Waals surface area (Å²) in [5.74, 6) is -0.591. The van der Waals surface area contributed by atoms with Gasteiger partial charge in [0.25, 0.3) is 0 Å². The van der Waals surface area contributed by atoms with Crippen LogP contribution in [0.15, 0.2) is 12.1 Å². The maximum Gasteiger partial charge on any atom is 0.586 e. The minimum Gasteiger partial charge on any atom is -0.396 e. The fourth-order valence-electron chi connectivity index (χ4n) is 1.13. The summed E-state index contributed by atoms with van der Waals surface area (Å²) in [6.07, 6.45) is -3.75. The number of nitriles is 1. The second-order valence-electron chi connectivity index (χ2n) is 2.64. The molecule has 72 valence electrons. The van der Waals surface area contributed by atoms with E-state index < -0.39 is 6.29 Å². The van der Waals surface area contributed by atoms with Crippen LogP contribution in [0.4, 0.5) is 14.5 Å². The number of hydrogen-bond acceptors (Lipinski definition) is 4. The van der Waals surface area contributed by atoms with Gasteiger partial charge in [0.1, 0.15) is 6.07 Å². The molecule has 2 N–H and O–H groups in total. The highest BCUT2D eigenvalue weighted by Crippen LogP contribution is 2.46. The summed E-state index contributed by atoms with van der Waals surface area (Å²) in [4.78, 5) is 0. The molecule has 0 fully saturated rings. The first-order valence-corrected chi connectivity index (χ1v) is 3.62. The van der Waals surface area contributed by atoms with Gasteiger partial charge in [-0.25, -0.2) is 0 Å². The Morgan fingerprint density at radius 2 is 1.93 bits per heavy atom. The zero-order valence-electron chi connectivity index (χ0n) is 6.75. The molecule has 0 unspecified atom stereocenters. The smallest absolute Gasteiger partial charge is 0.396 e. The second-order valence-corrected chi connectivity index (χ2v) is 2.64. The Kier molecular flexibility index (Phi) is 1.52. The monoisotopic (exact) mass is 198 g/mol. The van der Waals surface area contributed by atoms with E-state index in [-0.39, 0.29) is 22.7 Å². The number of hydrogen-bond donors (Lipinski definition) is 1. The number of alkyl halides is 2. The molecule has 1 aromatic rings. The van der Waals surface area contributed by atoms with Crippen LogP contribution in [0.3, 0.4) is 0 Å². The SMILES string of the molecule is N#Cc1ccc(N)c2c1OC(F)(F)O2. The van der Waals surface area contributed by atoms with E-state index in [0.29, 0.717) is 0 Å². The molecule has 0 atom stereocenters. The summed E-state index contributed by atoms with van der Waals surface area (Å²) in [6.45, 7) is 0. The number of fused-ring (bicyclic) bond motifs is 1. The molecule has 0 spiro atoms. The van der Waals surface area contributed by atoms with Crippen LogP contribution in [-0.2, 0) is 0 Å². The summed E-state index contributed by atoms with van der Waals surface area (Å²) in [5, 5.41) is 8.59. The van der Waals surface area contributed by atoms with Gasteiger partial charge < -0.3 is 15.2 Å². The molecular weight excluding hydrogens is 194 g/mol. The number of benzene rings is 1. The van der Waals surface area contributed by atoms with Crippen molar-refractivity contribution in [3.63, 3.8) is 0 Å². The fraction of sp³-hybridized carbons (Fsp3) is 0.125. The molecule has 0 radical (unpaired) electrons. The van der Waals surface area contributed by atoms with Crippen molar-refractivity contribution in [2.45, 2.75) is 6.29 Å². The molecule has 2 rings (SSSR count). The molecule has 4 nitrogen and oxygen atoms in total. The van der Waals surface area contributed by atoms with Crippen LogP contribution in [0.25, 0.3) is 0 Å². The molecule has 6 heteroatoms. The first kappa shape index (κ1) is 8.56. The predicted octanol–water partition coefficient (Wildman–Crippen LogP) is 1.46. The van der Waals surface area contributed by atoms with Gasteiger partial charge in [-0.2, -0.15) is 5.26 Å². The number of anilines is 1. The van der Waals surface area contributed by atoms with E-state index in [1.165, 1.54) is 12.1 Å². The van der Waals surface area contributed by atoms with Crippen LogP contribution in [0.2, 0.25) is 0 Å². The normalized spacial score (nSPS) is 16.4. The Labute approximate surface area is 77.4 Å². The van der Waals surface area contributed by atoms with Gasteiger partial charge in [-0.1, -0.05) is 0 Å². The third kappa shape index (κ3) is 1.10. The summed E-state index contributed by atoms with van der Waals surface area (Å²) < 4.78 is 33.5. The lowest BCUT2D eigenvalue weighted by Crippen LogP contribution is -2.26. The van der Waals surface area contributed by atoms with Crippen molar-refractivity contribution in [2.24, 2.45) is 0 Å². The summed E-state index contributed by atoms with van der Waals surface area (Å²) in [6, 6.07) is 4.30. The minimum absolute atomic E-state index is 0.0103. The summed E-state index contributed by atoms with van der Waals surface area (Å²) in [7, 11) is 0. The molecule has 1 aliphatic rings. The molecular formula is C8H4F2N2O2. The predicted molar refractivity (Wildman–Crippen MR) is 41.8 cm³/mol. The molecule has 0 saturated carbocycles. The Morgan fingerprint density at radius 3 is 2.57 bits per heavy atom. The maximum absolute atomic E-state index is 12.6. The molecule has 0 saturated heterocycles. The van der Waals surface area contributed by atoms with Crippen LogP contribution < -0.4 is 15.2 Å². The number of nitrogens with two attached hydrogens (primary N) is 1. The van der Waals surface area contributed by atoms with Gasteiger partial charge in [0.2, 0.25) is 0 Å². The van der Waals surface area contributed by atoms with Crippen molar-refractivity contribution >= 4 is 5.69 Å². The van der Waals surface area contributed by atoms with Crippen molar-refractivity contribution in [3.05, 3.63) is 17.7 Å². The van der Waals surface area contributed by atoms with Gasteiger partial charge in [-0.3, -0.25) is 0 Å². The Balaban J connectivity index is 2.60. The van der Waals surface area contributed by atoms with E-state index in [2.05, 4.69) is 9.47 Å². The fourth-order valence-corrected chi connectivity index (χ4v) is 1.13. The third-order valence-electron chi connectivity index (χ3n) is 1.70. The van der Waals surface area contributed by atoms with Crippen molar-refractivity contribution in [3.8, 4) is 17.6 Å². The van der Waals surface area contributed by atoms with E-state index in [9.17, 15) is 8.78 Å². The van der Waals surface area contributed by atoms with Gasteiger partial charge in [-0.05, 0) is 12.1 Å². The van der Waals surface area contributed by atoms with Crippen molar-refractivity contribution in [1.29, 1.82) is 5.26 Å². The average Bonchev–Trinajstić information content (AvgIpc) is 2.42. The first-order chi connectivity index (χ1) is 6.53. The van der Waals surface area contributed by atoms with Crippen LogP contribution in [-0.4, -0.2) is 6.29 Å². The quantitative estimate of drug-likeness (QED) is 0.641. The number of rotatable bonds is 0.